The predicted molar refractivity (Wildman–Crippen MR) is 112 cm³/mol. The van der Waals surface area contributed by atoms with E-state index >= 15 is 0 Å². The first-order valence-corrected chi connectivity index (χ1v) is 9.02. The Bertz CT molecular complexity index is 894. The summed E-state index contributed by atoms with van der Waals surface area (Å²) in [6, 6.07) is 25.2. The number of nitrogens with zero attached hydrogens (tertiary/aromatic N) is 1. The molecule has 0 spiro atoms. The van der Waals surface area contributed by atoms with Crippen LogP contribution in [0, 0.1) is 13.8 Å². The molecule has 3 aromatic rings. The van der Waals surface area contributed by atoms with Crippen LogP contribution in [0.4, 0.5) is 11.4 Å². The Balaban J connectivity index is 1.85. The minimum Gasteiger partial charge on any atom is -0.324 e. The van der Waals surface area contributed by atoms with E-state index in [0.29, 0.717) is 0 Å². The Labute approximate surface area is 160 Å². The van der Waals surface area contributed by atoms with Crippen LogP contribution in [0.5, 0.6) is 0 Å². The monoisotopic (exact) mass is 359 g/mol. The van der Waals surface area contributed by atoms with Crippen LogP contribution in [0.3, 0.4) is 0 Å². The van der Waals surface area contributed by atoms with E-state index in [4.69, 9.17) is 0 Å². The first-order valence-electron chi connectivity index (χ1n) is 9.02. The second-order valence-corrected chi connectivity index (χ2v) is 6.67. The third-order valence-electron chi connectivity index (χ3n) is 4.51. The van der Waals surface area contributed by atoms with E-state index < -0.39 is 6.04 Å². The smallest absolute Gasteiger partial charge is 0.247 e. The van der Waals surface area contributed by atoms with Gasteiger partial charge >= 0.3 is 0 Å². The molecule has 4 nitrogen and oxygen atoms in total. The van der Waals surface area contributed by atoms with E-state index in [9.17, 15) is 4.79 Å². The zero-order chi connectivity index (χ0) is 19.2. The number of hydrazine groups is 1. The molecule has 3 rings (SSSR count). The number of aryl methyl sites for hydroxylation is 2. The van der Waals surface area contributed by atoms with Crippen molar-refractivity contribution in [2.45, 2.75) is 19.9 Å². The maximum absolute atomic E-state index is 13.1. The van der Waals surface area contributed by atoms with Crippen molar-refractivity contribution in [3.63, 3.8) is 0 Å². The van der Waals surface area contributed by atoms with Crippen LogP contribution in [0.1, 0.15) is 22.7 Å². The standard InChI is InChI=1S/C23H25N3O/c1-17-14-15-18(2)21(16-17)24-23(27)22(19-10-6-4-7-11-19)25-26(3)20-12-8-5-9-13-20/h4-16,22,25H,1-3H3,(H,24,27)/t22-/m1/s1. The maximum Gasteiger partial charge on any atom is 0.247 e. The van der Waals surface area contributed by atoms with Gasteiger partial charge in [-0.1, -0.05) is 60.7 Å². The Kier molecular flexibility index (Phi) is 5.89. The van der Waals surface area contributed by atoms with Gasteiger partial charge in [-0.2, -0.15) is 0 Å². The number of anilines is 2. The number of para-hydroxylation sites is 1. The first-order chi connectivity index (χ1) is 13.0. The summed E-state index contributed by atoms with van der Waals surface area (Å²) in [7, 11) is 1.91. The highest BCUT2D eigenvalue weighted by Gasteiger charge is 2.22. The number of benzene rings is 3. The van der Waals surface area contributed by atoms with Crippen LogP contribution in [0.25, 0.3) is 0 Å². The number of amides is 1. The molecule has 1 amide bonds. The largest absolute Gasteiger partial charge is 0.324 e. The van der Waals surface area contributed by atoms with E-state index in [1.165, 1.54) is 0 Å². The Morgan fingerprint density at radius 3 is 2.19 bits per heavy atom. The Morgan fingerprint density at radius 2 is 1.52 bits per heavy atom. The van der Waals surface area contributed by atoms with Gasteiger partial charge in [-0.25, -0.2) is 5.43 Å². The zero-order valence-electron chi connectivity index (χ0n) is 15.9. The topological polar surface area (TPSA) is 44.4 Å². The lowest BCUT2D eigenvalue weighted by Gasteiger charge is -2.27. The maximum atomic E-state index is 13.1. The minimum absolute atomic E-state index is 0.0994. The van der Waals surface area contributed by atoms with E-state index in [1.54, 1.807) is 0 Å². The molecule has 0 aliphatic heterocycles. The third-order valence-corrected chi connectivity index (χ3v) is 4.51. The normalized spacial score (nSPS) is 11.7. The van der Waals surface area contributed by atoms with Gasteiger partial charge in [0.2, 0.25) is 5.91 Å². The van der Waals surface area contributed by atoms with Crippen molar-refractivity contribution in [1.29, 1.82) is 0 Å². The number of nitrogens with one attached hydrogen (secondary N) is 2. The van der Waals surface area contributed by atoms with E-state index in [-0.39, 0.29) is 5.91 Å². The number of hydrogen-bond donors (Lipinski definition) is 2. The molecule has 0 saturated carbocycles. The molecule has 0 aromatic heterocycles. The van der Waals surface area contributed by atoms with E-state index in [2.05, 4.69) is 10.7 Å². The van der Waals surface area contributed by atoms with Crippen molar-refractivity contribution in [3.05, 3.63) is 95.6 Å². The summed E-state index contributed by atoms with van der Waals surface area (Å²) in [5.74, 6) is -0.0994. The fourth-order valence-electron chi connectivity index (χ4n) is 2.93. The summed E-state index contributed by atoms with van der Waals surface area (Å²) in [6.07, 6.45) is 0. The highest BCUT2D eigenvalue weighted by Crippen LogP contribution is 2.21. The summed E-state index contributed by atoms with van der Waals surface area (Å²) in [6.45, 7) is 4.02. The van der Waals surface area contributed by atoms with Crippen molar-refractivity contribution in [2.75, 3.05) is 17.4 Å². The summed E-state index contributed by atoms with van der Waals surface area (Å²) >= 11 is 0. The number of rotatable bonds is 6. The molecule has 0 bridgehead atoms. The van der Waals surface area contributed by atoms with Crippen LogP contribution in [-0.4, -0.2) is 13.0 Å². The Hall–Kier alpha value is -3.11. The highest BCUT2D eigenvalue weighted by atomic mass is 16.2. The molecule has 3 aromatic carbocycles. The van der Waals surface area contributed by atoms with Crippen molar-refractivity contribution in [1.82, 2.24) is 5.43 Å². The van der Waals surface area contributed by atoms with Gasteiger partial charge in [0.05, 0.1) is 5.69 Å². The van der Waals surface area contributed by atoms with Crippen molar-refractivity contribution in [3.8, 4) is 0 Å². The third kappa shape index (κ3) is 4.74. The molecule has 0 aliphatic rings. The van der Waals surface area contributed by atoms with E-state index in [0.717, 1.165) is 28.1 Å². The van der Waals surface area contributed by atoms with Gasteiger partial charge < -0.3 is 10.3 Å². The van der Waals surface area contributed by atoms with Gasteiger partial charge in [0.25, 0.3) is 0 Å². The van der Waals surface area contributed by atoms with Gasteiger partial charge in [-0.3, -0.25) is 4.79 Å². The highest BCUT2D eigenvalue weighted by molar-refractivity contribution is 5.96. The second kappa shape index (κ2) is 8.52. The fourth-order valence-corrected chi connectivity index (χ4v) is 2.93. The van der Waals surface area contributed by atoms with Crippen LogP contribution in [-0.2, 0) is 4.79 Å². The lowest BCUT2D eigenvalue weighted by atomic mass is 10.1. The van der Waals surface area contributed by atoms with Gasteiger partial charge in [-0.05, 0) is 48.7 Å². The summed E-state index contributed by atoms with van der Waals surface area (Å²) < 4.78 is 0. The second-order valence-electron chi connectivity index (χ2n) is 6.67. The molecule has 0 saturated heterocycles. The molecule has 0 fully saturated rings. The van der Waals surface area contributed by atoms with Gasteiger partial charge in [0.15, 0.2) is 0 Å². The molecule has 0 radical (unpaired) electrons. The van der Waals surface area contributed by atoms with Gasteiger partial charge in [-0.15, -0.1) is 0 Å². The van der Waals surface area contributed by atoms with Gasteiger partial charge in [0.1, 0.15) is 6.04 Å². The fraction of sp³-hybridized carbons (Fsp3) is 0.174. The van der Waals surface area contributed by atoms with Crippen molar-refractivity contribution in [2.24, 2.45) is 0 Å². The number of hydrogen-bond acceptors (Lipinski definition) is 3. The van der Waals surface area contributed by atoms with Crippen molar-refractivity contribution < 1.29 is 4.79 Å². The van der Waals surface area contributed by atoms with Crippen LogP contribution < -0.4 is 15.8 Å². The zero-order valence-corrected chi connectivity index (χ0v) is 15.9. The molecule has 4 heteroatoms. The number of carbonyl (C=O) groups excluding carboxylic acids is 1. The van der Waals surface area contributed by atoms with Crippen molar-refractivity contribution >= 4 is 17.3 Å². The molecule has 2 N–H and O–H groups in total. The molecule has 0 aliphatic carbocycles. The summed E-state index contributed by atoms with van der Waals surface area (Å²) in [5, 5.41) is 4.95. The Morgan fingerprint density at radius 1 is 0.889 bits per heavy atom. The van der Waals surface area contributed by atoms with Gasteiger partial charge in [0, 0.05) is 12.7 Å². The van der Waals surface area contributed by atoms with Crippen LogP contribution in [0.2, 0.25) is 0 Å². The first kappa shape index (κ1) is 18.7. The molecule has 0 unspecified atom stereocenters. The molecular weight excluding hydrogens is 334 g/mol. The van der Waals surface area contributed by atoms with E-state index in [1.807, 2.05) is 105 Å². The number of carbonyl (C=O) groups is 1. The summed E-state index contributed by atoms with van der Waals surface area (Å²) in [5.41, 5.74) is 8.20. The lowest BCUT2D eigenvalue weighted by Crippen LogP contribution is -2.43. The molecular formula is C23H25N3O. The predicted octanol–water partition coefficient (Wildman–Crippen LogP) is 4.62. The quantitative estimate of drug-likeness (QED) is 0.631. The van der Waals surface area contributed by atoms with Crippen LogP contribution >= 0.6 is 0 Å². The molecule has 1 atom stereocenters. The minimum atomic E-state index is -0.517. The molecule has 27 heavy (non-hydrogen) atoms. The molecule has 0 heterocycles. The molecule has 138 valence electrons. The average Bonchev–Trinajstić information content (AvgIpc) is 2.70. The van der Waals surface area contributed by atoms with Crippen LogP contribution in [0.15, 0.2) is 78.9 Å². The SMILES string of the molecule is Cc1ccc(C)c(NC(=O)[C@H](NN(C)c2ccccc2)c2ccccc2)c1. The lowest BCUT2D eigenvalue weighted by molar-refractivity contribution is -0.118. The average molecular weight is 359 g/mol. The summed E-state index contributed by atoms with van der Waals surface area (Å²) in [4.78, 5) is 13.1.